The molecule has 0 aromatic carbocycles. The highest BCUT2D eigenvalue weighted by atomic mass is 16.5. The molecule has 0 radical (unpaired) electrons. The van der Waals surface area contributed by atoms with E-state index >= 15 is 0 Å². The quantitative estimate of drug-likeness (QED) is 0.0704. The molecule has 41 heavy (non-hydrogen) atoms. The van der Waals surface area contributed by atoms with Gasteiger partial charge in [0, 0.05) is 32.4 Å². The molecule has 6 amide bonds. The maximum absolute atomic E-state index is 13.2. The third-order valence-electron chi connectivity index (χ3n) is 6.40. The van der Waals surface area contributed by atoms with Crippen LogP contribution in [0.3, 0.4) is 0 Å². The highest BCUT2D eigenvalue weighted by Gasteiger charge is 2.35. The molecule has 16 heteroatoms. The normalized spacial score (nSPS) is 20.4. The van der Waals surface area contributed by atoms with Crippen LogP contribution in [-0.2, 0) is 33.5 Å². The number of hydrogen-bond acceptors (Lipinski definition) is 10. The van der Waals surface area contributed by atoms with Gasteiger partial charge in [-0.2, -0.15) is 0 Å². The van der Waals surface area contributed by atoms with Gasteiger partial charge in [-0.3, -0.25) is 28.8 Å². The van der Waals surface area contributed by atoms with E-state index in [0.29, 0.717) is 6.54 Å². The SMILES string of the molecule is CNCCC(=O)N[C@@H](CCC(=O)NC[C@@H]1O[C@H](CC(N)=O)C[C@H]1O)C(=O)N[C@H](C(=O)N[C@@H](C)C(=O)NCO)C(C)C. The maximum atomic E-state index is 13.2. The summed E-state index contributed by atoms with van der Waals surface area (Å²) in [6.07, 6.45) is -2.19. The molecule has 6 atom stereocenters. The van der Waals surface area contributed by atoms with Crippen molar-refractivity contribution in [3.05, 3.63) is 0 Å². The zero-order valence-corrected chi connectivity index (χ0v) is 24.0. The fourth-order valence-electron chi connectivity index (χ4n) is 4.10. The van der Waals surface area contributed by atoms with Crippen LogP contribution in [0.4, 0.5) is 0 Å². The first-order chi connectivity index (χ1) is 19.3. The van der Waals surface area contributed by atoms with E-state index in [2.05, 4.69) is 31.9 Å². The molecule has 10 N–H and O–H groups in total. The number of carbonyl (C=O) groups excluding carboxylic acids is 6. The number of rotatable bonds is 18. The van der Waals surface area contributed by atoms with Crippen LogP contribution in [0.5, 0.6) is 0 Å². The van der Waals surface area contributed by atoms with E-state index in [1.165, 1.54) is 6.92 Å². The van der Waals surface area contributed by atoms with Gasteiger partial charge >= 0.3 is 0 Å². The number of aliphatic hydroxyl groups excluding tert-OH is 2. The number of nitrogens with two attached hydrogens (primary N) is 1. The van der Waals surface area contributed by atoms with Crippen LogP contribution in [0.25, 0.3) is 0 Å². The molecule has 1 saturated heterocycles. The molecule has 234 valence electrons. The average Bonchev–Trinajstić information content (AvgIpc) is 3.24. The van der Waals surface area contributed by atoms with E-state index in [4.69, 9.17) is 15.6 Å². The van der Waals surface area contributed by atoms with Crippen LogP contribution >= 0.6 is 0 Å². The summed E-state index contributed by atoms with van der Waals surface area (Å²) in [5.41, 5.74) is 5.16. The predicted octanol–water partition coefficient (Wildman–Crippen LogP) is -3.92. The maximum Gasteiger partial charge on any atom is 0.244 e. The molecule has 1 aliphatic rings. The molecule has 0 aromatic heterocycles. The lowest BCUT2D eigenvalue weighted by molar-refractivity contribution is -0.134. The summed E-state index contributed by atoms with van der Waals surface area (Å²) >= 11 is 0. The van der Waals surface area contributed by atoms with Crippen LogP contribution in [0.2, 0.25) is 0 Å². The Morgan fingerprint density at radius 2 is 1.61 bits per heavy atom. The standard InChI is InChI=1S/C25H45N7O9/c1-13(2)22(25(40)30-14(3)23(38)29-12-33)32-24(39)16(31-21(37)7-8-27-4)5-6-20(36)28-11-18-17(34)9-15(41-18)10-19(26)35/h13-18,22,27,33-34H,5-12H2,1-4H3,(H2,26,35)(H,28,36)(H,29,38)(H,30,40)(H,31,37)(H,32,39)/t14-,15-,16-,17+,18-,22-/m0/s1. The van der Waals surface area contributed by atoms with Gasteiger partial charge in [0.2, 0.25) is 35.4 Å². The molecule has 1 rings (SSSR count). The van der Waals surface area contributed by atoms with Crippen molar-refractivity contribution < 1.29 is 43.7 Å². The number of amides is 6. The molecule has 16 nitrogen and oxygen atoms in total. The second-order valence-corrected chi connectivity index (χ2v) is 10.2. The monoisotopic (exact) mass is 587 g/mol. The Bertz CT molecular complexity index is 918. The van der Waals surface area contributed by atoms with E-state index in [1.807, 2.05) is 0 Å². The number of hydrogen-bond donors (Lipinski definition) is 9. The predicted molar refractivity (Wildman–Crippen MR) is 145 cm³/mol. The number of carbonyl (C=O) groups is 6. The van der Waals surface area contributed by atoms with Crippen molar-refractivity contribution in [1.82, 2.24) is 31.9 Å². The van der Waals surface area contributed by atoms with Gasteiger partial charge in [-0.25, -0.2) is 0 Å². The Kier molecular flexibility index (Phi) is 15.8. The molecule has 0 bridgehead atoms. The molecule has 0 saturated carbocycles. The highest BCUT2D eigenvalue weighted by Crippen LogP contribution is 2.22. The van der Waals surface area contributed by atoms with E-state index in [-0.39, 0.29) is 38.6 Å². The summed E-state index contributed by atoms with van der Waals surface area (Å²) in [6.45, 7) is 4.51. The molecule has 0 unspecified atom stereocenters. The van der Waals surface area contributed by atoms with Crippen molar-refractivity contribution in [1.29, 1.82) is 0 Å². The Labute approximate surface area is 239 Å². The Hall–Kier alpha value is -3.34. The molecule has 1 fully saturated rings. The Balaban J connectivity index is 2.81. The van der Waals surface area contributed by atoms with Crippen LogP contribution in [0.1, 0.15) is 52.9 Å². The van der Waals surface area contributed by atoms with Gasteiger partial charge in [-0.05, 0) is 26.3 Å². The van der Waals surface area contributed by atoms with E-state index in [0.717, 1.165) is 0 Å². The molecular formula is C25H45N7O9. The summed E-state index contributed by atoms with van der Waals surface area (Å²) in [6, 6.07) is -3.20. The van der Waals surface area contributed by atoms with Gasteiger partial charge in [0.1, 0.15) is 31.0 Å². The zero-order valence-electron chi connectivity index (χ0n) is 24.0. The summed E-state index contributed by atoms with van der Waals surface area (Å²) in [5.74, 6) is -3.82. The van der Waals surface area contributed by atoms with Gasteiger partial charge in [0.05, 0.1) is 18.6 Å². The van der Waals surface area contributed by atoms with Crippen LogP contribution < -0.4 is 37.6 Å². The van der Waals surface area contributed by atoms with E-state index < -0.39 is 84.5 Å². The highest BCUT2D eigenvalue weighted by molar-refractivity contribution is 5.94. The van der Waals surface area contributed by atoms with Gasteiger partial charge < -0.3 is 52.6 Å². The lowest BCUT2D eigenvalue weighted by Gasteiger charge is -2.26. The van der Waals surface area contributed by atoms with Gasteiger partial charge in [0.15, 0.2) is 0 Å². The molecule has 1 aliphatic heterocycles. The van der Waals surface area contributed by atoms with Crippen LogP contribution in [0, 0.1) is 5.92 Å². The lowest BCUT2D eigenvalue weighted by atomic mass is 10.0. The molecular weight excluding hydrogens is 542 g/mol. The van der Waals surface area contributed by atoms with Crippen molar-refractivity contribution in [2.75, 3.05) is 26.9 Å². The fraction of sp³-hybridized carbons (Fsp3) is 0.760. The summed E-state index contributed by atoms with van der Waals surface area (Å²) in [4.78, 5) is 73.9. The van der Waals surface area contributed by atoms with Crippen molar-refractivity contribution in [3.63, 3.8) is 0 Å². The molecule has 0 aromatic rings. The minimum atomic E-state index is -1.15. The van der Waals surface area contributed by atoms with E-state index in [1.54, 1.807) is 20.9 Å². The molecule has 1 heterocycles. The van der Waals surface area contributed by atoms with E-state index in [9.17, 15) is 33.9 Å². The first kappa shape index (κ1) is 35.7. The Morgan fingerprint density at radius 3 is 2.20 bits per heavy atom. The fourth-order valence-corrected chi connectivity index (χ4v) is 4.10. The molecule has 0 spiro atoms. The smallest absolute Gasteiger partial charge is 0.244 e. The largest absolute Gasteiger partial charge is 0.390 e. The third-order valence-corrected chi connectivity index (χ3v) is 6.40. The molecule has 0 aliphatic carbocycles. The van der Waals surface area contributed by atoms with Crippen molar-refractivity contribution >= 4 is 35.4 Å². The average molecular weight is 588 g/mol. The number of primary amides is 1. The third kappa shape index (κ3) is 13.2. The van der Waals surface area contributed by atoms with Crippen molar-refractivity contribution in [2.24, 2.45) is 11.7 Å². The first-order valence-corrected chi connectivity index (χ1v) is 13.6. The van der Waals surface area contributed by atoms with Crippen molar-refractivity contribution in [2.45, 2.75) is 89.3 Å². The lowest BCUT2D eigenvalue weighted by Crippen LogP contribution is -2.58. The first-order valence-electron chi connectivity index (χ1n) is 13.6. The van der Waals surface area contributed by atoms with Crippen molar-refractivity contribution in [3.8, 4) is 0 Å². The van der Waals surface area contributed by atoms with Crippen LogP contribution in [-0.4, -0.2) is 109 Å². The summed E-state index contributed by atoms with van der Waals surface area (Å²) in [5, 5.41) is 34.3. The number of ether oxygens (including phenoxy) is 1. The van der Waals surface area contributed by atoms with Crippen LogP contribution in [0.15, 0.2) is 0 Å². The van der Waals surface area contributed by atoms with Gasteiger partial charge in [-0.1, -0.05) is 13.8 Å². The number of aliphatic hydroxyl groups is 2. The van der Waals surface area contributed by atoms with Gasteiger partial charge in [-0.15, -0.1) is 0 Å². The second kappa shape index (κ2) is 18.2. The minimum Gasteiger partial charge on any atom is -0.390 e. The summed E-state index contributed by atoms with van der Waals surface area (Å²) < 4.78 is 5.57. The zero-order chi connectivity index (χ0) is 31.1. The topological polar surface area (TPSA) is 250 Å². The van der Waals surface area contributed by atoms with Gasteiger partial charge in [0.25, 0.3) is 0 Å². The Morgan fingerprint density at radius 1 is 0.927 bits per heavy atom. The number of nitrogens with one attached hydrogen (secondary N) is 6. The second-order valence-electron chi connectivity index (χ2n) is 10.2. The summed E-state index contributed by atoms with van der Waals surface area (Å²) in [7, 11) is 1.66. The minimum absolute atomic E-state index is 0.0295.